The van der Waals surface area contributed by atoms with Gasteiger partial charge < -0.3 is 15.4 Å². The Hall–Kier alpha value is -2.11. The van der Waals surface area contributed by atoms with Crippen LogP contribution in [0.25, 0.3) is 0 Å². The van der Waals surface area contributed by atoms with Gasteiger partial charge in [-0.05, 0) is 58.1 Å². The van der Waals surface area contributed by atoms with E-state index in [0.717, 1.165) is 18.5 Å². The second-order valence-corrected chi connectivity index (χ2v) is 7.56. The molecule has 2 rings (SSSR count). The molecule has 1 aromatic heterocycles. The summed E-state index contributed by atoms with van der Waals surface area (Å²) in [4.78, 5) is 29.1. The van der Waals surface area contributed by atoms with E-state index in [9.17, 15) is 9.59 Å². The van der Waals surface area contributed by atoms with Crippen LogP contribution in [-0.4, -0.2) is 28.6 Å². The summed E-state index contributed by atoms with van der Waals surface area (Å²) in [7, 11) is 0. The van der Waals surface area contributed by atoms with Crippen LogP contribution in [0.2, 0.25) is 0 Å². The van der Waals surface area contributed by atoms with Crippen LogP contribution in [0.15, 0.2) is 18.3 Å². The van der Waals surface area contributed by atoms with Gasteiger partial charge in [0.2, 0.25) is 5.91 Å². The number of carbonyl (C=O) groups is 2. The highest BCUT2D eigenvalue weighted by Gasteiger charge is 2.28. The Morgan fingerprint density at radius 2 is 2.08 bits per heavy atom. The zero-order valence-electron chi connectivity index (χ0n) is 15.6. The van der Waals surface area contributed by atoms with Gasteiger partial charge in [-0.25, -0.2) is 4.79 Å². The summed E-state index contributed by atoms with van der Waals surface area (Å²) in [6.07, 6.45) is 5.83. The van der Waals surface area contributed by atoms with Crippen molar-refractivity contribution in [2.75, 3.05) is 5.32 Å². The number of hydrogen-bond donors (Lipinski definition) is 2. The van der Waals surface area contributed by atoms with Crippen LogP contribution in [0.3, 0.4) is 0 Å². The normalized spacial score (nSPS) is 15.4. The molecule has 1 saturated carbocycles. The minimum Gasteiger partial charge on any atom is -0.444 e. The predicted octanol–water partition coefficient (Wildman–Crippen LogP) is 3.67. The molecular formula is C19H29N3O3. The number of aromatic nitrogens is 1. The van der Waals surface area contributed by atoms with Crippen LogP contribution in [0.1, 0.15) is 59.1 Å². The van der Waals surface area contributed by atoms with Gasteiger partial charge in [0.05, 0.1) is 11.4 Å². The third-order valence-corrected chi connectivity index (χ3v) is 4.05. The number of hydrogen-bond acceptors (Lipinski definition) is 4. The number of anilines is 1. The second-order valence-electron chi connectivity index (χ2n) is 7.56. The molecule has 1 heterocycles. The van der Waals surface area contributed by atoms with Crippen molar-refractivity contribution in [1.29, 1.82) is 0 Å². The summed E-state index contributed by atoms with van der Waals surface area (Å²) in [6, 6.07) is 3.00. The Bertz CT molecular complexity index is 606. The lowest BCUT2D eigenvalue weighted by molar-refractivity contribution is -0.118. The predicted molar refractivity (Wildman–Crippen MR) is 97.4 cm³/mol. The monoisotopic (exact) mass is 347 g/mol. The van der Waals surface area contributed by atoms with Crippen LogP contribution in [-0.2, 0) is 16.0 Å². The van der Waals surface area contributed by atoms with Crippen molar-refractivity contribution in [3.05, 3.63) is 24.0 Å². The highest BCUT2D eigenvalue weighted by atomic mass is 16.6. The Morgan fingerprint density at radius 3 is 2.68 bits per heavy atom. The van der Waals surface area contributed by atoms with E-state index in [0.29, 0.717) is 18.0 Å². The molecular weight excluding hydrogens is 318 g/mol. The van der Waals surface area contributed by atoms with E-state index in [1.165, 1.54) is 12.8 Å². The van der Waals surface area contributed by atoms with Crippen molar-refractivity contribution in [3.63, 3.8) is 0 Å². The molecule has 6 heteroatoms. The first kappa shape index (κ1) is 19.2. The summed E-state index contributed by atoms with van der Waals surface area (Å²) in [5.41, 5.74) is 0.923. The topological polar surface area (TPSA) is 80.3 Å². The van der Waals surface area contributed by atoms with Crippen molar-refractivity contribution in [1.82, 2.24) is 10.3 Å². The first-order valence-electron chi connectivity index (χ1n) is 9.02. The molecule has 2 N–H and O–H groups in total. The third kappa shape index (κ3) is 6.72. The molecule has 25 heavy (non-hydrogen) atoms. The molecule has 1 fully saturated rings. The highest BCUT2D eigenvalue weighted by molar-refractivity contribution is 5.96. The van der Waals surface area contributed by atoms with E-state index in [4.69, 9.17) is 4.74 Å². The van der Waals surface area contributed by atoms with Crippen molar-refractivity contribution in [3.8, 4) is 0 Å². The highest BCUT2D eigenvalue weighted by Crippen LogP contribution is 2.34. The lowest BCUT2D eigenvalue weighted by Gasteiger charge is -2.23. The minimum atomic E-state index is -0.611. The van der Waals surface area contributed by atoms with E-state index in [1.807, 2.05) is 13.0 Å². The largest absolute Gasteiger partial charge is 0.444 e. The van der Waals surface area contributed by atoms with Crippen molar-refractivity contribution < 1.29 is 14.3 Å². The van der Waals surface area contributed by atoms with Gasteiger partial charge in [-0.15, -0.1) is 0 Å². The molecule has 2 amide bonds. The number of nitrogens with one attached hydrogen (secondary N) is 2. The smallest absolute Gasteiger partial charge is 0.408 e. The Balaban J connectivity index is 2.02. The maximum absolute atomic E-state index is 12.7. The zero-order chi connectivity index (χ0) is 18.4. The van der Waals surface area contributed by atoms with Crippen molar-refractivity contribution in [2.45, 2.75) is 71.4 Å². The fraction of sp³-hybridized carbons (Fsp3) is 0.632. The summed E-state index contributed by atoms with van der Waals surface area (Å²) in [5.74, 6) is 0.453. The third-order valence-electron chi connectivity index (χ3n) is 4.05. The number of aryl methyl sites for hydroxylation is 1. The number of amides is 2. The van der Waals surface area contributed by atoms with Gasteiger partial charge in [0.1, 0.15) is 11.6 Å². The molecule has 0 aliphatic heterocycles. The number of pyridine rings is 1. The molecule has 138 valence electrons. The van der Waals surface area contributed by atoms with Gasteiger partial charge in [0, 0.05) is 6.20 Å². The van der Waals surface area contributed by atoms with Crippen LogP contribution >= 0.6 is 0 Å². The van der Waals surface area contributed by atoms with Gasteiger partial charge >= 0.3 is 6.09 Å². The quantitative estimate of drug-likeness (QED) is 0.789. The SMILES string of the molecule is CCc1ncccc1NC(=O)C(CCC1CC1)NC(=O)OC(C)(C)C. The van der Waals surface area contributed by atoms with Crippen LogP contribution in [0.4, 0.5) is 10.5 Å². The van der Waals surface area contributed by atoms with E-state index >= 15 is 0 Å². The Kier molecular flexibility index (Phi) is 6.39. The van der Waals surface area contributed by atoms with Gasteiger partial charge in [-0.2, -0.15) is 0 Å². The average molecular weight is 347 g/mol. The van der Waals surface area contributed by atoms with Gasteiger partial charge in [-0.3, -0.25) is 9.78 Å². The van der Waals surface area contributed by atoms with E-state index < -0.39 is 17.7 Å². The summed E-state index contributed by atoms with van der Waals surface area (Å²) in [5, 5.41) is 5.62. The molecule has 1 aliphatic carbocycles. The molecule has 0 bridgehead atoms. The molecule has 1 atom stereocenters. The fourth-order valence-electron chi connectivity index (χ4n) is 2.58. The van der Waals surface area contributed by atoms with Gasteiger partial charge in [0.25, 0.3) is 0 Å². The molecule has 6 nitrogen and oxygen atoms in total. The van der Waals surface area contributed by atoms with Crippen LogP contribution in [0.5, 0.6) is 0 Å². The first-order chi connectivity index (χ1) is 11.8. The maximum Gasteiger partial charge on any atom is 0.408 e. The minimum absolute atomic E-state index is 0.228. The zero-order valence-corrected chi connectivity index (χ0v) is 15.6. The standard InChI is InChI=1S/C19H29N3O3/c1-5-14-15(7-6-12-20-14)21-17(23)16(11-10-13-8-9-13)22-18(24)25-19(2,3)4/h6-7,12-13,16H,5,8-11H2,1-4H3,(H,21,23)(H,22,24). The van der Waals surface area contributed by atoms with E-state index in [-0.39, 0.29) is 5.91 Å². The first-order valence-corrected chi connectivity index (χ1v) is 9.02. The summed E-state index contributed by atoms with van der Waals surface area (Å²) in [6.45, 7) is 7.39. The number of alkyl carbamates (subject to hydrolysis) is 1. The Morgan fingerprint density at radius 1 is 1.36 bits per heavy atom. The summed E-state index contributed by atoms with van der Waals surface area (Å²) < 4.78 is 5.29. The van der Waals surface area contributed by atoms with Gasteiger partial charge in [-0.1, -0.05) is 19.8 Å². The molecule has 0 aromatic carbocycles. The van der Waals surface area contributed by atoms with E-state index in [2.05, 4.69) is 15.6 Å². The fourth-order valence-corrected chi connectivity index (χ4v) is 2.58. The van der Waals surface area contributed by atoms with Crippen LogP contribution < -0.4 is 10.6 Å². The summed E-state index contributed by atoms with van der Waals surface area (Å²) >= 11 is 0. The molecule has 1 unspecified atom stereocenters. The Labute approximate surface area is 149 Å². The van der Waals surface area contributed by atoms with Crippen molar-refractivity contribution in [2.24, 2.45) is 5.92 Å². The second kappa shape index (κ2) is 8.32. The lowest BCUT2D eigenvalue weighted by Crippen LogP contribution is -2.46. The molecule has 0 radical (unpaired) electrons. The van der Waals surface area contributed by atoms with Gasteiger partial charge in [0.15, 0.2) is 0 Å². The number of ether oxygens (including phenoxy) is 1. The maximum atomic E-state index is 12.7. The number of rotatable bonds is 7. The van der Waals surface area contributed by atoms with Crippen LogP contribution in [0, 0.1) is 5.92 Å². The van der Waals surface area contributed by atoms with E-state index in [1.54, 1.807) is 33.0 Å². The molecule has 1 aromatic rings. The number of carbonyl (C=O) groups excluding carboxylic acids is 2. The molecule has 0 spiro atoms. The number of nitrogens with zero attached hydrogens (tertiary/aromatic N) is 1. The van der Waals surface area contributed by atoms with Crippen molar-refractivity contribution >= 4 is 17.7 Å². The lowest BCUT2D eigenvalue weighted by atomic mass is 10.1. The molecule has 0 saturated heterocycles. The molecule has 1 aliphatic rings. The average Bonchev–Trinajstić information content (AvgIpc) is 3.34.